The Bertz CT molecular complexity index is 939. The molecule has 0 aliphatic rings. The third kappa shape index (κ3) is 4.20. The molecule has 0 heterocycles. The Morgan fingerprint density at radius 1 is 0.783 bits per heavy atom. The van der Waals surface area contributed by atoms with Gasteiger partial charge in [-0.1, -0.05) is 18.2 Å². The first kappa shape index (κ1) is 17.2. The molecule has 2 aromatic carbocycles. The number of hydrazine groups is 1. The second-order valence-corrected chi connectivity index (χ2v) is 7.48. The molecule has 8 nitrogen and oxygen atoms in total. The van der Waals surface area contributed by atoms with E-state index in [1.165, 1.54) is 36.4 Å². The van der Waals surface area contributed by atoms with Crippen LogP contribution in [0.3, 0.4) is 0 Å². The van der Waals surface area contributed by atoms with Crippen LogP contribution in [-0.2, 0) is 20.2 Å². The summed E-state index contributed by atoms with van der Waals surface area (Å²) in [6.45, 7) is 1.65. The van der Waals surface area contributed by atoms with Gasteiger partial charge in [0.25, 0.3) is 20.2 Å². The van der Waals surface area contributed by atoms with Crippen LogP contribution in [-0.4, -0.2) is 25.9 Å². The summed E-state index contributed by atoms with van der Waals surface area (Å²) in [4.78, 5) is -0.748. The zero-order valence-electron chi connectivity index (χ0n) is 11.9. The van der Waals surface area contributed by atoms with Crippen molar-refractivity contribution < 1.29 is 25.9 Å². The Morgan fingerprint density at radius 3 is 1.87 bits per heavy atom. The topological polar surface area (TPSA) is 133 Å². The summed E-state index contributed by atoms with van der Waals surface area (Å²) in [6, 6.07) is 9.76. The van der Waals surface area contributed by atoms with Crippen LogP contribution in [0.4, 0.5) is 11.4 Å². The number of rotatable bonds is 5. The zero-order chi connectivity index (χ0) is 17.3. The monoisotopic (exact) mass is 358 g/mol. The summed E-state index contributed by atoms with van der Waals surface area (Å²) < 4.78 is 63.8. The number of anilines is 2. The van der Waals surface area contributed by atoms with E-state index >= 15 is 0 Å². The summed E-state index contributed by atoms with van der Waals surface area (Å²) in [5.41, 5.74) is 5.65. The van der Waals surface area contributed by atoms with Crippen LogP contribution in [0.5, 0.6) is 0 Å². The van der Waals surface area contributed by atoms with Crippen LogP contribution in [0, 0.1) is 6.92 Å². The van der Waals surface area contributed by atoms with Gasteiger partial charge in [0.2, 0.25) is 0 Å². The van der Waals surface area contributed by atoms with Crippen molar-refractivity contribution in [3.05, 3.63) is 48.0 Å². The molecule has 0 amide bonds. The molecule has 10 heteroatoms. The predicted octanol–water partition coefficient (Wildman–Crippen LogP) is 1.93. The lowest BCUT2D eigenvalue weighted by Gasteiger charge is -2.14. The van der Waals surface area contributed by atoms with Crippen LogP contribution in [0.15, 0.2) is 52.3 Å². The van der Waals surface area contributed by atoms with Gasteiger partial charge in [0, 0.05) is 0 Å². The largest absolute Gasteiger partial charge is 0.299 e. The molecule has 4 N–H and O–H groups in total. The van der Waals surface area contributed by atoms with Crippen LogP contribution in [0.2, 0.25) is 0 Å². The van der Waals surface area contributed by atoms with Crippen molar-refractivity contribution in [2.75, 3.05) is 10.9 Å². The van der Waals surface area contributed by atoms with Crippen LogP contribution >= 0.6 is 0 Å². The van der Waals surface area contributed by atoms with E-state index in [0.717, 1.165) is 0 Å². The fraction of sp³-hybridized carbons (Fsp3) is 0.0769. The maximum Gasteiger partial charge on any atom is 0.296 e. The number of benzene rings is 2. The second kappa shape index (κ2) is 6.16. The van der Waals surface area contributed by atoms with Gasteiger partial charge in [-0.3, -0.25) is 20.0 Å². The minimum absolute atomic E-state index is 0.0110. The summed E-state index contributed by atoms with van der Waals surface area (Å²) in [6.07, 6.45) is 0. The van der Waals surface area contributed by atoms with E-state index in [2.05, 4.69) is 10.9 Å². The van der Waals surface area contributed by atoms with Gasteiger partial charge in [0.15, 0.2) is 0 Å². The summed E-state index contributed by atoms with van der Waals surface area (Å²) >= 11 is 0. The molecule has 0 aliphatic carbocycles. The van der Waals surface area contributed by atoms with E-state index in [0.29, 0.717) is 5.56 Å². The fourth-order valence-corrected chi connectivity index (χ4v) is 3.26. The maximum absolute atomic E-state index is 11.4. The molecular weight excluding hydrogens is 344 g/mol. The molecule has 0 radical (unpaired) electrons. The average molecular weight is 358 g/mol. The third-order valence-electron chi connectivity index (χ3n) is 2.91. The highest BCUT2D eigenvalue weighted by Crippen LogP contribution is 2.25. The molecule has 0 spiro atoms. The standard InChI is InChI=1S/C13H14N2O6S2/c1-9-6-7-11(13(8-9)23(19,20)21)15-14-10-4-2-3-5-12(10)22(16,17)18/h2-8,14-15H,1H3,(H,16,17,18)(H,19,20,21). The first-order valence-corrected chi connectivity index (χ1v) is 9.14. The van der Waals surface area contributed by atoms with Crippen molar-refractivity contribution in [1.82, 2.24) is 0 Å². The van der Waals surface area contributed by atoms with Gasteiger partial charge in [-0.2, -0.15) is 16.8 Å². The molecule has 0 saturated heterocycles. The van der Waals surface area contributed by atoms with Crippen molar-refractivity contribution in [3.8, 4) is 0 Å². The predicted molar refractivity (Wildman–Crippen MR) is 84.5 cm³/mol. The maximum atomic E-state index is 11.4. The molecular formula is C13H14N2O6S2. The highest BCUT2D eigenvalue weighted by atomic mass is 32.2. The fourth-order valence-electron chi connectivity index (χ4n) is 1.88. The number of para-hydroxylation sites is 1. The number of nitrogens with one attached hydrogen (secondary N) is 2. The van der Waals surface area contributed by atoms with E-state index in [1.54, 1.807) is 13.0 Å². The summed E-state index contributed by atoms with van der Waals surface area (Å²) in [7, 11) is -8.92. The minimum Gasteiger partial charge on any atom is -0.299 e. The number of aryl methyl sites for hydroxylation is 1. The van der Waals surface area contributed by atoms with Crippen LogP contribution < -0.4 is 10.9 Å². The van der Waals surface area contributed by atoms with E-state index in [-0.39, 0.29) is 21.2 Å². The van der Waals surface area contributed by atoms with Crippen molar-refractivity contribution in [2.45, 2.75) is 16.7 Å². The first-order chi connectivity index (χ1) is 10.6. The van der Waals surface area contributed by atoms with E-state index < -0.39 is 20.2 Å². The van der Waals surface area contributed by atoms with Crippen LogP contribution in [0.1, 0.15) is 5.56 Å². The highest BCUT2D eigenvalue weighted by Gasteiger charge is 2.17. The van der Waals surface area contributed by atoms with Gasteiger partial charge in [0.05, 0.1) is 11.4 Å². The van der Waals surface area contributed by atoms with Crippen LogP contribution in [0.25, 0.3) is 0 Å². The first-order valence-electron chi connectivity index (χ1n) is 6.26. The molecule has 0 fully saturated rings. The lowest BCUT2D eigenvalue weighted by molar-refractivity contribution is 0.481. The molecule has 0 unspecified atom stereocenters. The molecule has 0 aromatic heterocycles. The number of hydrogen-bond acceptors (Lipinski definition) is 6. The molecule has 0 aliphatic heterocycles. The van der Waals surface area contributed by atoms with Gasteiger partial charge in [-0.25, -0.2) is 0 Å². The van der Waals surface area contributed by atoms with Crippen molar-refractivity contribution >= 4 is 31.6 Å². The second-order valence-electron chi connectivity index (χ2n) is 4.70. The Morgan fingerprint density at radius 2 is 1.30 bits per heavy atom. The quantitative estimate of drug-likeness (QED) is 0.471. The smallest absolute Gasteiger partial charge is 0.296 e. The Labute approximate surface area is 133 Å². The van der Waals surface area contributed by atoms with Gasteiger partial charge >= 0.3 is 0 Å². The summed E-state index contributed by atoms with van der Waals surface area (Å²) in [5, 5.41) is 0. The van der Waals surface area contributed by atoms with E-state index in [4.69, 9.17) is 4.55 Å². The molecule has 23 heavy (non-hydrogen) atoms. The Balaban J connectivity index is 2.37. The lowest BCUT2D eigenvalue weighted by Crippen LogP contribution is -2.15. The van der Waals surface area contributed by atoms with Gasteiger partial charge in [-0.15, -0.1) is 0 Å². The minimum atomic E-state index is -4.47. The Kier molecular flexibility index (Phi) is 4.61. The normalized spacial score (nSPS) is 12.0. The van der Waals surface area contributed by atoms with Crippen molar-refractivity contribution in [2.24, 2.45) is 0 Å². The van der Waals surface area contributed by atoms with Gasteiger partial charge < -0.3 is 0 Å². The van der Waals surface area contributed by atoms with Gasteiger partial charge in [-0.05, 0) is 36.8 Å². The lowest BCUT2D eigenvalue weighted by atomic mass is 10.2. The van der Waals surface area contributed by atoms with E-state index in [9.17, 15) is 21.4 Å². The molecule has 0 bridgehead atoms. The molecule has 0 atom stereocenters. The van der Waals surface area contributed by atoms with Crippen molar-refractivity contribution in [3.63, 3.8) is 0 Å². The van der Waals surface area contributed by atoms with Gasteiger partial charge in [0.1, 0.15) is 9.79 Å². The molecule has 124 valence electrons. The molecule has 2 rings (SSSR count). The Hall–Kier alpha value is -2.14. The average Bonchev–Trinajstić information content (AvgIpc) is 2.44. The number of hydrogen-bond donors (Lipinski definition) is 4. The van der Waals surface area contributed by atoms with Crippen molar-refractivity contribution in [1.29, 1.82) is 0 Å². The molecule has 0 saturated carbocycles. The summed E-state index contributed by atoms with van der Waals surface area (Å²) in [5.74, 6) is 0. The molecule has 2 aromatic rings. The zero-order valence-corrected chi connectivity index (χ0v) is 13.5. The highest BCUT2D eigenvalue weighted by molar-refractivity contribution is 7.86. The SMILES string of the molecule is Cc1ccc(NNc2ccccc2S(=O)(=O)O)c(S(=O)(=O)O)c1. The van der Waals surface area contributed by atoms with E-state index in [1.807, 2.05) is 0 Å². The third-order valence-corrected chi connectivity index (χ3v) is 4.72.